The standard InChI is InChI=1S/C11H13NO/c1-8(2)10(11(12)13)9-6-4-3-5-7-9/h3-7,10H,1H2,2H3,(H2,12,13). The van der Waals surface area contributed by atoms with Gasteiger partial charge in [-0.3, -0.25) is 4.79 Å². The average Bonchev–Trinajstić information content (AvgIpc) is 2.04. The van der Waals surface area contributed by atoms with E-state index in [9.17, 15) is 4.79 Å². The van der Waals surface area contributed by atoms with Crippen molar-refractivity contribution in [2.24, 2.45) is 5.73 Å². The lowest BCUT2D eigenvalue weighted by Gasteiger charge is -2.12. The van der Waals surface area contributed by atoms with Crippen LogP contribution in [0.2, 0.25) is 0 Å². The number of hydrogen-bond donors (Lipinski definition) is 1. The second kappa shape index (κ2) is 3.90. The van der Waals surface area contributed by atoms with Crippen LogP contribution in [0.25, 0.3) is 0 Å². The number of benzene rings is 1. The maximum atomic E-state index is 11.1. The molecule has 0 spiro atoms. The van der Waals surface area contributed by atoms with Gasteiger partial charge in [0.05, 0.1) is 5.92 Å². The smallest absolute Gasteiger partial charge is 0.229 e. The van der Waals surface area contributed by atoms with Crippen LogP contribution < -0.4 is 5.73 Å². The average molecular weight is 175 g/mol. The molecule has 1 aromatic carbocycles. The van der Waals surface area contributed by atoms with Crippen LogP contribution in [-0.4, -0.2) is 5.91 Å². The van der Waals surface area contributed by atoms with Gasteiger partial charge in [-0.25, -0.2) is 0 Å². The van der Waals surface area contributed by atoms with Crippen LogP contribution in [-0.2, 0) is 4.79 Å². The summed E-state index contributed by atoms with van der Waals surface area (Å²) >= 11 is 0. The fourth-order valence-corrected chi connectivity index (χ4v) is 1.34. The van der Waals surface area contributed by atoms with Gasteiger partial charge in [-0.2, -0.15) is 0 Å². The fraction of sp³-hybridized carbons (Fsp3) is 0.182. The summed E-state index contributed by atoms with van der Waals surface area (Å²) in [5.41, 5.74) is 6.95. The van der Waals surface area contributed by atoms with Crippen molar-refractivity contribution in [1.29, 1.82) is 0 Å². The lowest BCUT2D eigenvalue weighted by Crippen LogP contribution is -2.21. The summed E-state index contributed by atoms with van der Waals surface area (Å²) in [6.45, 7) is 5.56. The topological polar surface area (TPSA) is 43.1 Å². The van der Waals surface area contributed by atoms with Crippen LogP contribution in [0.15, 0.2) is 42.5 Å². The summed E-state index contributed by atoms with van der Waals surface area (Å²) in [4.78, 5) is 11.1. The van der Waals surface area contributed by atoms with Crippen molar-refractivity contribution in [1.82, 2.24) is 0 Å². The Morgan fingerprint density at radius 2 is 1.92 bits per heavy atom. The monoisotopic (exact) mass is 175 g/mol. The molecule has 0 saturated heterocycles. The van der Waals surface area contributed by atoms with Gasteiger partial charge in [0.1, 0.15) is 0 Å². The molecule has 1 atom stereocenters. The van der Waals surface area contributed by atoms with Gasteiger partial charge in [0.25, 0.3) is 0 Å². The SMILES string of the molecule is C=C(C)C(C(N)=O)c1ccccc1. The van der Waals surface area contributed by atoms with E-state index in [4.69, 9.17) is 5.73 Å². The van der Waals surface area contributed by atoms with Crippen molar-refractivity contribution < 1.29 is 4.79 Å². The minimum Gasteiger partial charge on any atom is -0.369 e. The molecule has 13 heavy (non-hydrogen) atoms. The molecule has 68 valence electrons. The Kier molecular flexibility index (Phi) is 2.85. The molecule has 1 aromatic rings. The molecule has 0 aliphatic carbocycles. The third kappa shape index (κ3) is 2.18. The molecule has 1 unspecified atom stereocenters. The van der Waals surface area contributed by atoms with E-state index in [1.807, 2.05) is 37.3 Å². The summed E-state index contributed by atoms with van der Waals surface area (Å²) in [5.74, 6) is -0.708. The molecule has 0 aliphatic heterocycles. The number of carbonyl (C=O) groups excluding carboxylic acids is 1. The molecule has 0 aromatic heterocycles. The molecule has 0 heterocycles. The molecule has 0 saturated carbocycles. The minimum atomic E-state index is -0.360. The first-order valence-corrected chi connectivity index (χ1v) is 4.12. The highest BCUT2D eigenvalue weighted by molar-refractivity contribution is 5.85. The number of rotatable bonds is 3. The summed E-state index contributed by atoms with van der Waals surface area (Å²) in [6, 6.07) is 9.43. The summed E-state index contributed by atoms with van der Waals surface area (Å²) in [6.07, 6.45) is 0. The van der Waals surface area contributed by atoms with Gasteiger partial charge in [0.15, 0.2) is 0 Å². The van der Waals surface area contributed by atoms with Crippen molar-refractivity contribution in [2.45, 2.75) is 12.8 Å². The predicted molar refractivity (Wildman–Crippen MR) is 53.2 cm³/mol. The minimum absolute atomic E-state index is 0.348. The third-order valence-electron chi connectivity index (χ3n) is 1.91. The number of amides is 1. The molecule has 2 nitrogen and oxygen atoms in total. The molecular weight excluding hydrogens is 162 g/mol. The zero-order valence-electron chi connectivity index (χ0n) is 7.66. The Morgan fingerprint density at radius 3 is 2.31 bits per heavy atom. The molecule has 0 aliphatic rings. The number of carbonyl (C=O) groups is 1. The van der Waals surface area contributed by atoms with Gasteiger partial charge in [-0.1, -0.05) is 42.5 Å². The van der Waals surface area contributed by atoms with Crippen molar-refractivity contribution in [3.05, 3.63) is 48.0 Å². The highest BCUT2D eigenvalue weighted by Crippen LogP contribution is 2.21. The van der Waals surface area contributed by atoms with Gasteiger partial charge in [0, 0.05) is 0 Å². The van der Waals surface area contributed by atoms with Crippen LogP contribution in [0.4, 0.5) is 0 Å². The molecule has 0 bridgehead atoms. The van der Waals surface area contributed by atoms with E-state index in [1.54, 1.807) is 0 Å². The van der Waals surface area contributed by atoms with E-state index < -0.39 is 0 Å². The Balaban J connectivity index is 3.03. The van der Waals surface area contributed by atoms with E-state index in [0.29, 0.717) is 0 Å². The molecule has 2 heteroatoms. The first-order valence-electron chi connectivity index (χ1n) is 4.12. The van der Waals surface area contributed by atoms with Gasteiger partial charge < -0.3 is 5.73 Å². The molecule has 1 amide bonds. The second-order valence-electron chi connectivity index (χ2n) is 3.09. The largest absolute Gasteiger partial charge is 0.369 e. The maximum absolute atomic E-state index is 11.1. The second-order valence-corrected chi connectivity index (χ2v) is 3.09. The van der Waals surface area contributed by atoms with E-state index in [0.717, 1.165) is 11.1 Å². The quantitative estimate of drug-likeness (QED) is 0.700. The summed E-state index contributed by atoms with van der Waals surface area (Å²) < 4.78 is 0. The number of hydrogen-bond acceptors (Lipinski definition) is 1. The maximum Gasteiger partial charge on any atom is 0.229 e. The summed E-state index contributed by atoms with van der Waals surface area (Å²) in [5, 5.41) is 0. The lowest BCUT2D eigenvalue weighted by molar-refractivity contribution is -0.118. The molecule has 0 fully saturated rings. The zero-order chi connectivity index (χ0) is 9.84. The Hall–Kier alpha value is -1.57. The van der Waals surface area contributed by atoms with E-state index in [2.05, 4.69) is 6.58 Å². The van der Waals surface area contributed by atoms with E-state index in [-0.39, 0.29) is 11.8 Å². The van der Waals surface area contributed by atoms with E-state index >= 15 is 0 Å². The first-order chi connectivity index (χ1) is 6.13. The van der Waals surface area contributed by atoms with Gasteiger partial charge in [-0.15, -0.1) is 0 Å². The predicted octanol–water partition coefficient (Wildman–Crippen LogP) is 1.83. The zero-order valence-corrected chi connectivity index (χ0v) is 7.66. The first kappa shape index (κ1) is 9.52. The number of nitrogens with two attached hydrogens (primary N) is 1. The van der Waals surface area contributed by atoms with Crippen LogP contribution >= 0.6 is 0 Å². The number of primary amides is 1. The molecule has 2 N–H and O–H groups in total. The van der Waals surface area contributed by atoms with Crippen molar-refractivity contribution in [3.63, 3.8) is 0 Å². The lowest BCUT2D eigenvalue weighted by atomic mass is 9.92. The Labute approximate surface area is 78.1 Å². The summed E-state index contributed by atoms with van der Waals surface area (Å²) in [7, 11) is 0. The highest BCUT2D eigenvalue weighted by atomic mass is 16.1. The molecular formula is C11H13NO. The van der Waals surface area contributed by atoms with Gasteiger partial charge in [0.2, 0.25) is 5.91 Å². The Bertz CT molecular complexity index is 302. The fourth-order valence-electron chi connectivity index (χ4n) is 1.34. The van der Waals surface area contributed by atoms with Crippen molar-refractivity contribution >= 4 is 5.91 Å². The van der Waals surface area contributed by atoms with Crippen molar-refractivity contribution in [2.75, 3.05) is 0 Å². The molecule has 1 rings (SSSR count). The Morgan fingerprint density at radius 1 is 1.38 bits per heavy atom. The normalized spacial score (nSPS) is 12.1. The van der Waals surface area contributed by atoms with Crippen LogP contribution in [0.1, 0.15) is 18.4 Å². The van der Waals surface area contributed by atoms with Crippen molar-refractivity contribution in [3.8, 4) is 0 Å². The third-order valence-corrected chi connectivity index (χ3v) is 1.91. The van der Waals surface area contributed by atoms with Gasteiger partial charge in [-0.05, 0) is 12.5 Å². The highest BCUT2D eigenvalue weighted by Gasteiger charge is 2.17. The van der Waals surface area contributed by atoms with Crippen LogP contribution in [0, 0.1) is 0 Å². The van der Waals surface area contributed by atoms with Crippen LogP contribution in [0.3, 0.4) is 0 Å². The molecule has 0 radical (unpaired) electrons. The van der Waals surface area contributed by atoms with Crippen LogP contribution in [0.5, 0.6) is 0 Å². The van der Waals surface area contributed by atoms with Gasteiger partial charge >= 0.3 is 0 Å². The van der Waals surface area contributed by atoms with E-state index in [1.165, 1.54) is 0 Å².